The van der Waals surface area contributed by atoms with E-state index >= 15 is 0 Å². The molecule has 11 heteroatoms. The van der Waals surface area contributed by atoms with E-state index in [1.807, 2.05) is 33.8 Å². The molecule has 1 heterocycles. The van der Waals surface area contributed by atoms with Crippen LogP contribution in [0.15, 0.2) is 11.6 Å². The monoisotopic (exact) mass is 732 g/mol. The van der Waals surface area contributed by atoms with E-state index in [0.717, 1.165) is 24.8 Å². The van der Waals surface area contributed by atoms with Crippen LogP contribution in [0.3, 0.4) is 0 Å². The summed E-state index contributed by atoms with van der Waals surface area (Å²) in [5.41, 5.74) is -1.48. The number of carbonyl (C=O) groups is 3. The molecule has 0 aromatic heterocycles. The topological polar surface area (TPSA) is 177 Å². The summed E-state index contributed by atoms with van der Waals surface area (Å²) in [6, 6.07) is -0.498. The molecule has 0 aromatic carbocycles. The highest BCUT2D eigenvalue weighted by molar-refractivity contribution is 5.91. The van der Waals surface area contributed by atoms with Crippen molar-refractivity contribution in [1.82, 2.24) is 10.2 Å². The van der Waals surface area contributed by atoms with Crippen molar-refractivity contribution in [2.45, 2.75) is 167 Å². The molecule has 6 N–H and O–H groups in total. The second-order valence-corrected chi connectivity index (χ2v) is 18.0. The minimum absolute atomic E-state index is 0.00550. The van der Waals surface area contributed by atoms with E-state index in [1.165, 1.54) is 0 Å². The molecule has 11 nitrogen and oxygen atoms in total. The number of hydrogen-bond acceptors (Lipinski definition) is 10. The first-order valence-electron chi connectivity index (χ1n) is 20.4. The molecule has 0 aromatic rings. The van der Waals surface area contributed by atoms with Gasteiger partial charge < -0.3 is 35.6 Å². The molecular formula is C41H68N2O9. The van der Waals surface area contributed by atoms with Gasteiger partial charge in [-0.3, -0.25) is 19.3 Å². The number of esters is 1. The number of allylic oxidation sites excluding steroid dienone is 1. The van der Waals surface area contributed by atoms with Crippen molar-refractivity contribution in [2.75, 3.05) is 19.6 Å². The van der Waals surface area contributed by atoms with Gasteiger partial charge in [0.25, 0.3) is 5.91 Å². The second-order valence-electron chi connectivity index (χ2n) is 18.0. The molecule has 1 saturated heterocycles. The van der Waals surface area contributed by atoms with Crippen LogP contribution in [0, 0.1) is 40.4 Å². The van der Waals surface area contributed by atoms with Gasteiger partial charge in [0.15, 0.2) is 5.78 Å². The van der Waals surface area contributed by atoms with E-state index in [-0.39, 0.29) is 34.9 Å². The van der Waals surface area contributed by atoms with Crippen molar-refractivity contribution in [1.29, 1.82) is 0 Å². The van der Waals surface area contributed by atoms with Gasteiger partial charge in [-0.2, -0.15) is 0 Å². The van der Waals surface area contributed by atoms with Gasteiger partial charge in [-0.25, -0.2) is 0 Å². The predicted molar refractivity (Wildman–Crippen MR) is 197 cm³/mol. The van der Waals surface area contributed by atoms with Crippen molar-refractivity contribution in [3.63, 3.8) is 0 Å². The van der Waals surface area contributed by atoms with Crippen LogP contribution in [0.25, 0.3) is 0 Å². The Morgan fingerprint density at radius 1 is 1.00 bits per heavy atom. The Morgan fingerprint density at radius 3 is 2.44 bits per heavy atom. The normalized spacial score (nSPS) is 45.4. The summed E-state index contributed by atoms with van der Waals surface area (Å²) in [6.45, 7) is 13.0. The molecule has 5 rings (SSSR count). The third-order valence-corrected chi connectivity index (χ3v) is 14.6. The van der Waals surface area contributed by atoms with Gasteiger partial charge >= 0.3 is 5.97 Å². The summed E-state index contributed by atoms with van der Waals surface area (Å²) in [4.78, 5) is 41.1. The fourth-order valence-electron chi connectivity index (χ4n) is 11.5. The summed E-state index contributed by atoms with van der Waals surface area (Å²) in [5.74, 6) is -0.668. The maximum atomic E-state index is 13.9. The van der Waals surface area contributed by atoms with Gasteiger partial charge in [0.1, 0.15) is 17.8 Å². The summed E-state index contributed by atoms with van der Waals surface area (Å²) in [5, 5.41) is 60.1. The molecule has 0 bridgehead atoms. The maximum Gasteiger partial charge on any atom is 0.309 e. The molecule has 0 radical (unpaired) electrons. The van der Waals surface area contributed by atoms with Gasteiger partial charge in [0.2, 0.25) is 0 Å². The SMILES string of the molecule is CC[C@H]1OC(=O)[C@H](C)C[C@H](C)C[C@H](O)CCCN(CCCNC(=O)[C@@]2(O)CCC3C4CCC5=CC(=O)CC[C@]5(C)C4[C@@H](O)C[C@@]32C)[C@H](C)[C@@H](O)[C@@H]1O. The number of carbonyl (C=O) groups excluding carboxylic acids is 3. The molecule has 1 aliphatic heterocycles. The average molecular weight is 733 g/mol. The molecule has 5 aliphatic rings. The van der Waals surface area contributed by atoms with Crippen molar-refractivity contribution < 1.29 is 44.7 Å². The lowest BCUT2D eigenvalue weighted by atomic mass is 9.45. The first-order chi connectivity index (χ1) is 24.5. The number of ether oxygens (including phenoxy) is 1. The molecule has 296 valence electrons. The Hall–Kier alpha value is -1.89. The summed E-state index contributed by atoms with van der Waals surface area (Å²) in [6.07, 6.45) is 4.81. The van der Waals surface area contributed by atoms with E-state index in [0.29, 0.717) is 83.8 Å². The Bertz CT molecular complexity index is 1320. The molecule has 3 unspecified atom stereocenters. The zero-order chi connectivity index (χ0) is 38.2. The van der Waals surface area contributed by atoms with Crippen LogP contribution in [-0.4, -0.2) is 110 Å². The van der Waals surface area contributed by atoms with Crippen LogP contribution in [0.4, 0.5) is 0 Å². The highest BCUT2D eigenvalue weighted by Gasteiger charge is 2.68. The third-order valence-electron chi connectivity index (χ3n) is 14.6. The maximum absolute atomic E-state index is 13.9. The molecule has 52 heavy (non-hydrogen) atoms. The molecule has 4 aliphatic carbocycles. The van der Waals surface area contributed by atoms with Crippen molar-refractivity contribution in [2.24, 2.45) is 40.4 Å². The average Bonchev–Trinajstić information content (AvgIpc) is 3.36. The lowest BCUT2D eigenvalue weighted by Gasteiger charge is -2.60. The van der Waals surface area contributed by atoms with Gasteiger partial charge in [-0.05, 0) is 126 Å². The Morgan fingerprint density at radius 2 is 1.73 bits per heavy atom. The Kier molecular flexibility index (Phi) is 13.1. The molecule has 14 atom stereocenters. The van der Waals surface area contributed by atoms with E-state index in [4.69, 9.17) is 4.74 Å². The number of cyclic esters (lactones) is 1. The molecule has 1 amide bonds. The molecule has 3 saturated carbocycles. The lowest BCUT2D eigenvalue weighted by Crippen LogP contribution is -2.63. The van der Waals surface area contributed by atoms with Crippen LogP contribution in [-0.2, 0) is 19.1 Å². The smallest absolute Gasteiger partial charge is 0.309 e. The number of hydrogen-bond donors (Lipinski definition) is 6. The number of aliphatic hydroxyl groups excluding tert-OH is 4. The number of fused-ring (bicyclic) bond motifs is 5. The highest BCUT2D eigenvalue weighted by atomic mass is 16.6. The van der Waals surface area contributed by atoms with Crippen molar-refractivity contribution in [3.05, 3.63) is 11.6 Å². The van der Waals surface area contributed by atoms with E-state index in [9.17, 15) is 39.9 Å². The number of aliphatic hydroxyl groups is 5. The summed E-state index contributed by atoms with van der Waals surface area (Å²) >= 11 is 0. The Balaban J connectivity index is 1.22. The number of nitrogens with zero attached hydrogens (tertiary/aromatic N) is 1. The summed E-state index contributed by atoms with van der Waals surface area (Å²) in [7, 11) is 0. The van der Waals surface area contributed by atoms with Crippen LogP contribution in [0.1, 0.15) is 125 Å². The highest BCUT2D eigenvalue weighted by Crippen LogP contribution is 2.67. The minimum Gasteiger partial charge on any atom is -0.459 e. The molecule has 4 fully saturated rings. The van der Waals surface area contributed by atoms with Gasteiger partial charge in [0.05, 0.1) is 24.2 Å². The number of amides is 1. The lowest BCUT2D eigenvalue weighted by molar-refractivity contribution is -0.182. The van der Waals surface area contributed by atoms with Gasteiger partial charge in [-0.1, -0.05) is 40.2 Å². The largest absolute Gasteiger partial charge is 0.459 e. The molecule has 0 spiro atoms. The zero-order valence-corrected chi connectivity index (χ0v) is 32.6. The third kappa shape index (κ3) is 7.92. The second kappa shape index (κ2) is 16.5. The quantitative estimate of drug-likeness (QED) is 0.175. The predicted octanol–water partition coefficient (Wildman–Crippen LogP) is 3.67. The van der Waals surface area contributed by atoms with Crippen LogP contribution < -0.4 is 5.32 Å². The number of rotatable bonds is 6. The fourth-order valence-corrected chi connectivity index (χ4v) is 11.5. The van der Waals surface area contributed by atoms with Crippen LogP contribution in [0.2, 0.25) is 0 Å². The summed E-state index contributed by atoms with van der Waals surface area (Å²) < 4.78 is 5.69. The van der Waals surface area contributed by atoms with Crippen molar-refractivity contribution >= 4 is 17.7 Å². The first kappa shape index (κ1) is 41.3. The fraction of sp³-hybridized carbons (Fsp3) is 0.878. The van der Waals surface area contributed by atoms with E-state index < -0.39 is 65.4 Å². The minimum atomic E-state index is -1.61. The van der Waals surface area contributed by atoms with E-state index in [2.05, 4.69) is 17.1 Å². The van der Waals surface area contributed by atoms with E-state index in [1.54, 1.807) is 6.92 Å². The van der Waals surface area contributed by atoms with Gasteiger partial charge in [0, 0.05) is 31.0 Å². The number of ketones is 1. The number of nitrogens with one attached hydrogen (secondary N) is 1. The zero-order valence-electron chi connectivity index (χ0n) is 32.6. The van der Waals surface area contributed by atoms with Gasteiger partial charge in [-0.15, -0.1) is 0 Å². The first-order valence-corrected chi connectivity index (χ1v) is 20.4. The van der Waals surface area contributed by atoms with Crippen molar-refractivity contribution in [3.8, 4) is 0 Å². The standard InChI is InChI=1S/C41H68N2O9/c1-7-33-36(48)35(47)26(4)43(18-8-10-28(44)21-24(2)20-25(3)37(49)52-33)19-9-17-42-38(50)41(51)16-14-31-30-12-11-27-22-29(45)13-15-39(27,5)34(30)32(46)23-40(31,41)6/h22,24-26,28,30-36,44,46-48,51H,7-21,23H2,1-6H3,(H,42,50)/t24-,25+,26+,28+,30?,31?,32-,33+,34?,35+,36+,39-,40-,41-/m0/s1. The van der Waals surface area contributed by atoms with Crippen LogP contribution >= 0.6 is 0 Å². The molecular weight excluding hydrogens is 664 g/mol. The van der Waals surface area contributed by atoms with Crippen LogP contribution in [0.5, 0.6) is 0 Å². The Labute approximate surface area is 310 Å².